The average molecular weight is 529 g/mol. The first-order valence-corrected chi connectivity index (χ1v) is 11.0. The van der Waals surface area contributed by atoms with Crippen molar-refractivity contribution in [1.82, 2.24) is 14.3 Å². The second-order valence-electron chi connectivity index (χ2n) is 6.67. The van der Waals surface area contributed by atoms with Crippen LogP contribution in [-0.2, 0) is 0 Å². The second kappa shape index (κ2) is 6.58. The maximum absolute atomic E-state index is 12.9. The van der Waals surface area contributed by atoms with Gasteiger partial charge >= 0.3 is 164 Å². The molecule has 2 aliphatic heterocycles. The van der Waals surface area contributed by atoms with Gasteiger partial charge in [-0.3, -0.25) is 0 Å². The van der Waals surface area contributed by atoms with E-state index in [9.17, 15) is 13.2 Å². The molecule has 0 aliphatic carbocycles. The summed E-state index contributed by atoms with van der Waals surface area (Å²) in [5, 5.41) is -0.630. The van der Waals surface area contributed by atoms with Gasteiger partial charge in [-0.05, 0) is 0 Å². The van der Waals surface area contributed by atoms with Gasteiger partial charge in [0.15, 0.2) is 0 Å². The van der Waals surface area contributed by atoms with Gasteiger partial charge in [0.2, 0.25) is 0 Å². The minimum atomic E-state index is -4.16. The summed E-state index contributed by atoms with van der Waals surface area (Å²) in [6, 6.07) is 3.27. The third-order valence-corrected chi connectivity index (χ3v) is 8.72. The van der Waals surface area contributed by atoms with E-state index in [1.54, 1.807) is 16.8 Å². The molecule has 4 nitrogen and oxygen atoms in total. The number of alkyl halides is 3. The van der Waals surface area contributed by atoms with E-state index in [1.807, 2.05) is 28.7 Å². The number of nitrogens with zero attached hydrogens (tertiary/aromatic N) is 3. The molecular formula is C16H18F3IN4Se. The monoisotopic (exact) mass is 530 g/mol. The standard InChI is InChI=1S/C16H18F3IN4Se/c1-23-9-2-4-11(12(23)5-3-9)22-14-13-8-10(20)15(25-16(17,18)19)24(13)7-6-21-14/h6-9,11-12H,2-5H2,1H3,(H,21,22)/t9-,11-,12-/m1/s1. The Balaban J connectivity index is 1.65. The first kappa shape index (κ1) is 17.9. The zero-order chi connectivity index (χ0) is 17.8. The van der Waals surface area contributed by atoms with Crippen molar-refractivity contribution in [3.63, 3.8) is 0 Å². The molecule has 0 amide bonds. The number of anilines is 1. The van der Waals surface area contributed by atoms with Gasteiger partial charge in [-0.15, -0.1) is 0 Å². The van der Waals surface area contributed by atoms with Gasteiger partial charge < -0.3 is 0 Å². The molecule has 25 heavy (non-hydrogen) atoms. The van der Waals surface area contributed by atoms with Crippen molar-refractivity contribution in [2.45, 2.75) is 48.9 Å². The number of fused-ring (bicyclic) bond motifs is 3. The Morgan fingerprint density at radius 2 is 2.04 bits per heavy atom. The Morgan fingerprint density at radius 3 is 2.80 bits per heavy atom. The predicted molar refractivity (Wildman–Crippen MR) is 101 cm³/mol. The van der Waals surface area contributed by atoms with E-state index in [4.69, 9.17) is 0 Å². The van der Waals surface area contributed by atoms with Gasteiger partial charge in [-0.25, -0.2) is 0 Å². The van der Waals surface area contributed by atoms with Crippen LogP contribution >= 0.6 is 22.6 Å². The number of hydrogen-bond acceptors (Lipinski definition) is 3. The summed E-state index contributed by atoms with van der Waals surface area (Å²) in [7, 11) is 2.17. The molecule has 9 heteroatoms. The molecule has 1 N–H and O–H groups in total. The van der Waals surface area contributed by atoms with Gasteiger partial charge in [-0.1, -0.05) is 0 Å². The van der Waals surface area contributed by atoms with E-state index < -0.39 is 20.0 Å². The number of piperidine rings is 1. The predicted octanol–water partition coefficient (Wildman–Crippen LogP) is 2.83. The molecule has 0 spiro atoms. The summed E-state index contributed by atoms with van der Waals surface area (Å²) in [5.41, 5.74) is 0.732. The molecule has 3 atom stereocenters. The molecule has 2 aromatic heterocycles. The first-order chi connectivity index (χ1) is 11.8. The Hall–Kier alpha value is -0.511. The number of rotatable bonds is 3. The van der Waals surface area contributed by atoms with E-state index in [2.05, 4.69) is 22.2 Å². The molecule has 2 aromatic rings. The summed E-state index contributed by atoms with van der Waals surface area (Å²) >= 11 is 0.422. The minimum absolute atomic E-state index is 0.298. The molecule has 0 aromatic carbocycles. The van der Waals surface area contributed by atoms with Crippen molar-refractivity contribution in [1.29, 1.82) is 0 Å². The van der Waals surface area contributed by atoms with Crippen LogP contribution in [0.25, 0.3) is 5.52 Å². The van der Waals surface area contributed by atoms with E-state index in [1.165, 1.54) is 12.8 Å². The molecule has 0 unspecified atom stereocenters. The maximum atomic E-state index is 12.9. The fourth-order valence-electron chi connectivity index (χ4n) is 4.15. The van der Waals surface area contributed by atoms with E-state index >= 15 is 0 Å². The third-order valence-electron chi connectivity index (χ3n) is 5.31. The molecular weight excluding hydrogens is 511 g/mol. The third kappa shape index (κ3) is 3.40. The fourth-order valence-corrected chi connectivity index (χ4v) is 6.60. The fraction of sp³-hybridized carbons (Fsp3) is 0.562. The molecule has 0 radical (unpaired) electrons. The normalized spacial score (nSPS) is 27.2. The Kier molecular flexibility index (Phi) is 4.71. The topological polar surface area (TPSA) is 32.6 Å². The van der Waals surface area contributed by atoms with Crippen molar-refractivity contribution in [2.24, 2.45) is 0 Å². The Bertz CT molecular complexity index is 794. The van der Waals surface area contributed by atoms with Crippen LogP contribution in [0.15, 0.2) is 18.5 Å². The quantitative estimate of drug-likeness (QED) is 0.491. The van der Waals surface area contributed by atoms with Crippen molar-refractivity contribution in [3.8, 4) is 0 Å². The van der Waals surface area contributed by atoms with Crippen LogP contribution in [0, 0.1) is 3.57 Å². The van der Waals surface area contributed by atoms with Gasteiger partial charge in [0.05, 0.1) is 0 Å². The van der Waals surface area contributed by atoms with Gasteiger partial charge in [0, 0.05) is 0 Å². The van der Waals surface area contributed by atoms with Crippen LogP contribution in [0.1, 0.15) is 25.7 Å². The van der Waals surface area contributed by atoms with Gasteiger partial charge in [-0.2, -0.15) is 0 Å². The zero-order valence-electron chi connectivity index (χ0n) is 13.6. The van der Waals surface area contributed by atoms with Crippen molar-refractivity contribution in [2.75, 3.05) is 12.4 Å². The number of halogens is 4. The number of likely N-dealkylation sites (N-methyl/N-ethyl adjacent to an activating group) is 1. The molecule has 4 rings (SSSR count). The molecule has 2 saturated heterocycles. The van der Waals surface area contributed by atoms with E-state index in [-0.39, 0.29) is 0 Å². The van der Waals surface area contributed by atoms with E-state index in [0.717, 1.165) is 18.4 Å². The Labute approximate surface area is 163 Å². The van der Waals surface area contributed by atoms with Crippen molar-refractivity contribution in [3.05, 3.63) is 22.0 Å². The Morgan fingerprint density at radius 1 is 1.28 bits per heavy atom. The number of hydrogen-bond donors (Lipinski definition) is 1. The molecule has 2 fully saturated rings. The molecule has 0 saturated carbocycles. The van der Waals surface area contributed by atoms with Crippen molar-refractivity contribution >= 4 is 53.5 Å². The van der Waals surface area contributed by atoms with Gasteiger partial charge in [0.25, 0.3) is 0 Å². The SMILES string of the molecule is CN1[C@H]2CC[C@@H]1[C@H](Nc1nccn3c([Se]C(F)(F)F)c(I)cc13)CC2. The average Bonchev–Trinajstić information content (AvgIpc) is 2.95. The summed E-state index contributed by atoms with van der Waals surface area (Å²) in [4.78, 5) is 6.88. The second-order valence-corrected chi connectivity index (χ2v) is 10.0. The zero-order valence-corrected chi connectivity index (χ0v) is 17.4. The summed E-state index contributed by atoms with van der Waals surface area (Å²) < 4.78 is 41.4. The van der Waals surface area contributed by atoms with Crippen LogP contribution in [0.5, 0.6) is 0 Å². The molecule has 2 aliphatic rings. The molecule has 4 heterocycles. The summed E-state index contributed by atoms with van der Waals surface area (Å²) in [5.74, 6) is 0.688. The van der Waals surface area contributed by atoms with Crippen LogP contribution in [-0.4, -0.2) is 59.5 Å². The van der Waals surface area contributed by atoms with Crippen molar-refractivity contribution < 1.29 is 13.2 Å². The van der Waals surface area contributed by atoms with Crippen LogP contribution < -0.4 is 9.91 Å². The van der Waals surface area contributed by atoms with Gasteiger partial charge in [0.1, 0.15) is 0 Å². The molecule has 136 valence electrons. The van der Waals surface area contributed by atoms with E-state index in [0.29, 0.717) is 32.1 Å². The van der Waals surface area contributed by atoms with Crippen LogP contribution in [0.4, 0.5) is 19.0 Å². The van der Waals surface area contributed by atoms with Crippen LogP contribution in [0.2, 0.25) is 0 Å². The molecule has 2 bridgehead atoms. The summed E-state index contributed by atoms with van der Waals surface area (Å²) in [6.07, 6.45) is 7.87. The first-order valence-electron chi connectivity index (χ1n) is 8.23. The van der Waals surface area contributed by atoms with Crippen LogP contribution in [0.3, 0.4) is 0 Å². The number of aromatic nitrogens is 2. The number of nitrogens with one attached hydrogen (secondary N) is 1. The summed E-state index contributed by atoms with van der Waals surface area (Å²) in [6.45, 7) is 0.